The van der Waals surface area contributed by atoms with Gasteiger partial charge in [-0.25, -0.2) is 13.1 Å². The quantitative estimate of drug-likeness (QED) is 0.688. The van der Waals surface area contributed by atoms with E-state index >= 15 is 0 Å². The van der Waals surface area contributed by atoms with Crippen LogP contribution in [-0.4, -0.2) is 58.3 Å². The van der Waals surface area contributed by atoms with Crippen LogP contribution in [-0.2, 0) is 10.0 Å². The number of piperazine rings is 1. The SMILES string of the molecule is CCC(CC)CS(=O)(=O)NCCN1CCNCC1.Cl.Cl. The third-order valence-electron chi connectivity index (χ3n) is 3.57. The minimum Gasteiger partial charge on any atom is -0.314 e. The lowest BCUT2D eigenvalue weighted by Gasteiger charge is -2.27. The minimum atomic E-state index is -3.10. The van der Waals surface area contributed by atoms with Gasteiger partial charge in [-0.15, -0.1) is 24.8 Å². The van der Waals surface area contributed by atoms with Crippen molar-refractivity contribution >= 4 is 34.8 Å². The van der Waals surface area contributed by atoms with Crippen molar-refractivity contribution in [1.82, 2.24) is 14.9 Å². The highest BCUT2D eigenvalue weighted by Crippen LogP contribution is 2.09. The van der Waals surface area contributed by atoms with E-state index in [0.717, 1.165) is 45.6 Å². The van der Waals surface area contributed by atoms with Gasteiger partial charge in [0.25, 0.3) is 0 Å². The third-order valence-corrected chi connectivity index (χ3v) is 5.12. The molecule has 1 aliphatic heterocycles. The van der Waals surface area contributed by atoms with Crippen LogP contribution in [0.4, 0.5) is 0 Å². The van der Waals surface area contributed by atoms with Crippen LogP contribution in [0.5, 0.6) is 0 Å². The van der Waals surface area contributed by atoms with Gasteiger partial charge in [0, 0.05) is 39.3 Å². The molecular formula is C12H29Cl2N3O2S. The molecule has 124 valence electrons. The second kappa shape index (κ2) is 12.0. The molecule has 20 heavy (non-hydrogen) atoms. The Morgan fingerprint density at radius 1 is 1.15 bits per heavy atom. The van der Waals surface area contributed by atoms with Gasteiger partial charge in [0.05, 0.1) is 5.75 Å². The van der Waals surface area contributed by atoms with Crippen LogP contribution in [0.3, 0.4) is 0 Å². The van der Waals surface area contributed by atoms with Crippen molar-refractivity contribution in [2.75, 3.05) is 45.0 Å². The summed E-state index contributed by atoms with van der Waals surface area (Å²) < 4.78 is 26.4. The zero-order valence-corrected chi connectivity index (χ0v) is 14.9. The fourth-order valence-electron chi connectivity index (χ4n) is 2.19. The minimum absolute atomic E-state index is 0. The van der Waals surface area contributed by atoms with Crippen molar-refractivity contribution in [3.63, 3.8) is 0 Å². The molecule has 0 aromatic rings. The van der Waals surface area contributed by atoms with Crippen LogP contribution < -0.4 is 10.0 Å². The number of hydrogen-bond donors (Lipinski definition) is 2. The predicted octanol–water partition coefficient (Wildman–Crippen LogP) is 1.09. The molecule has 0 aromatic heterocycles. The average molecular weight is 350 g/mol. The molecule has 5 nitrogen and oxygen atoms in total. The van der Waals surface area contributed by atoms with Crippen molar-refractivity contribution in [2.24, 2.45) is 5.92 Å². The van der Waals surface area contributed by atoms with E-state index in [4.69, 9.17) is 0 Å². The monoisotopic (exact) mass is 349 g/mol. The van der Waals surface area contributed by atoms with E-state index in [9.17, 15) is 8.42 Å². The van der Waals surface area contributed by atoms with Gasteiger partial charge in [0.2, 0.25) is 10.0 Å². The Bertz CT molecular complexity index is 319. The number of nitrogens with zero attached hydrogens (tertiary/aromatic N) is 1. The van der Waals surface area contributed by atoms with Gasteiger partial charge < -0.3 is 5.32 Å². The van der Waals surface area contributed by atoms with E-state index in [2.05, 4.69) is 14.9 Å². The highest BCUT2D eigenvalue weighted by molar-refractivity contribution is 7.89. The van der Waals surface area contributed by atoms with Crippen molar-refractivity contribution < 1.29 is 8.42 Å². The molecule has 0 amide bonds. The van der Waals surface area contributed by atoms with Crippen molar-refractivity contribution in [3.05, 3.63) is 0 Å². The first kappa shape index (κ1) is 22.7. The molecule has 1 heterocycles. The summed E-state index contributed by atoms with van der Waals surface area (Å²) in [7, 11) is -3.10. The highest BCUT2D eigenvalue weighted by atomic mass is 35.5. The number of hydrogen-bond acceptors (Lipinski definition) is 4. The van der Waals surface area contributed by atoms with Crippen LogP contribution >= 0.6 is 24.8 Å². The van der Waals surface area contributed by atoms with Crippen LogP contribution in [0.1, 0.15) is 26.7 Å². The van der Waals surface area contributed by atoms with Crippen molar-refractivity contribution in [2.45, 2.75) is 26.7 Å². The summed E-state index contributed by atoms with van der Waals surface area (Å²) in [4.78, 5) is 2.29. The maximum Gasteiger partial charge on any atom is 0.211 e. The summed E-state index contributed by atoms with van der Waals surface area (Å²) >= 11 is 0. The standard InChI is InChI=1S/C12H27N3O2S.2ClH/c1-3-12(4-2)11-18(16,17)14-7-10-15-8-5-13-6-9-15;;/h12-14H,3-11H2,1-2H3;2*1H. The summed E-state index contributed by atoms with van der Waals surface area (Å²) in [5.41, 5.74) is 0. The van der Waals surface area contributed by atoms with E-state index in [1.54, 1.807) is 0 Å². The van der Waals surface area contributed by atoms with Crippen LogP contribution in [0, 0.1) is 5.92 Å². The van der Waals surface area contributed by atoms with Gasteiger partial charge in [-0.2, -0.15) is 0 Å². The lowest BCUT2D eigenvalue weighted by atomic mass is 10.1. The second-order valence-corrected chi connectivity index (χ2v) is 6.80. The summed E-state index contributed by atoms with van der Waals surface area (Å²) in [6.45, 7) is 9.45. The Kier molecular flexibility index (Phi) is 13.6. The topological polar surface area (TPSA) is 61.4 Å². The van der Waals surface area contributed by atoms with E-state index < -0.39 is 10.0 Å². The molecule has 2 N–H and O–H groups in total. The molecule has 0 unspecified atom stereocenters. The lowest BCUT2D eigenvalue weighted by molar-refractivity contribution is 0.245. The molecule has 0 aromatic carbocycles. The number of rotatable bonds is 8. The maximum atomic E-state index is 11.9. The van der Waals surface area contributed by atoms with E-state index in [-0.39, 0.29) is 36.5 Å². The first-order valence-corrected chi connectivity index (χ1v) is 8.63. The fraction of sp³-hybridized carbons (Fsp3) is 1.00. The second-order valence-electron chi connectivity index (χ2n) is 4.95. The summed E-state index contributed by atoms with van der Waals surface area (Å²) in [6.07, 6.45) is 1.85. The smallest absolute Gasteiger partial charge is 0.211 e. The van der Waals surface area contributed by atoms with Crippen LogP contribution in [0.15, 0.2) is 0 Å². The molecule has 0 bridgehead atoms. The molecule has 1 aliphatic rings. The summed E-state index contributed by atoms with van der Waals surface area (Å²) in [5.74, 6) is 0.545. The first-order chi connectivity index (χ1) is 8.57. The first-order valence-electron chi connectivity index (χ1n) is 6.97. The van der Waals surface area contributed by atoms with Crippen LogP contribution in [0.2, 0.25) is 0 Å². The Morgan fingerprint density at radius 2 is 1.70 bits per heavy atom. The molecule has 0 radical (unpaired) electrons. The van der Waals surface area contributed by atoms with E-state index in [1.807, 2.05) is 13.8 Å². The largest absolute Gasteiger partial charge is 0.314 e. The third kappa shape index (κ3) is 9.37. The number of nitrogens with one attached hydrogen (secondary N) is 2. The molecule has 0 atom stereocenters. The van der Waals surface area contributed by atoms with Gasteiger partial charge in [-0.3, -0.25) is 4.90 Å². The van der Waals surface area contributed by atoms with Gasteiger partial charge in [-0.1, -0.05) is 26.7 Å². The van der Waals surface area contributed by atoms with Gasteiger partial charge >= 0.3 is 0 Å². The van der Waals surface area contributed by atoms with Gasteiger partial charge in [0.15, 0.2) is 0 Å². The molecule has 1 saturated heterocycles. The number of sulfonamides is 1. The Balaban J connectivity index is 0. The average Bonchev–Trinajstić information content (AvgIpc) is 2.37. The van der Waals surface area contributed by atoms with E-state index in [0.29, 0.717) is 6.54 Å². The molecule has 8 heteroatoms. The van der Waals surface area contributed by atoms with Gasteiger partial charge in [-0.05, 0) is 5.92 Å². The maximum absolute atomic E-state index is 11.9. The predicted molar refractivity (Wildman–Crippen MR) is 89.7 cm³/mol. The molecular weight excluding hydrogens is 321 g/mol. The normalized spacial score (nSPS) is 16.6. The zero-order chi connectivity index (χ0) is 13.4. The lowest BCUT2D eigenvalue weighted by Crippen LogP contribution is -2.46. The van der Waals surface area contributed by atoms with Gasteiger partial charge in [0.1, 0.15) is 0 Å². The molecule has 1 rings (SSSR count). The summed E-state index contributed by atoms with van der Waals surface area (Å²) in [6, 6.07) is 0. The Morgan fingerprint density at radius 3 is 2.20 bits per heavy atom. The zero-order valence-electron chi connectivity index (χ0n) is 12.4. The Hall–Kier alpha value is 0.410. The number of halogens is 2. The molecule has 0 aliphatic carbocycles. The summed E-state index contributed by atoms with van der Waals surface area (Å²) in [5, 5.41) is 3.28. The molecule has 1 fully saturated rings. The molecule has 0 saturated carbocycles. The highest BCUT2D eigenvalue weighted by Gasteiger charge is 2.16. The Labute approximate surface area is 136 Å². The van der Waals surface area contributed by atoms with Crippen molar-refractivity contribution in [3.8, 4) is 0 Å². The van der Waals surface area contributed by atoms with E-state index in [1.165, 1.54) is 0 Å². The molecule has 0 spiro atoms. The van der Waals surface area contributed by atoms with Crippen molar-refractivity contribution in [1.29, 1.82) is 0 Å². The fourth-order valence-corrected chi connectivity index (χ4v) is 3.80. The van der Waals surface area contributed by atoms with Crippen LogP contribution in [0.25, 0.3) is 0 Å².